The molecule has 0 aliphatic rings. The van der Waals surface area contributed by atoms with Gasteiger partial charge in [-0.1, -0.05) is 57.5 Å². The summed E-state index contributed by atoms with van der Waals surface area (Å²) in [5.41, 5.74) is 0.797. The molecule has 0 heterocycles. The first-order valence-corrected chi connectivity index (χ1v) is 13.8. The number of hydrogen-bond acceptors (Lipinski definition) is 6. The van der Waals surface area contributed by atoms with Gasteiger partial charge in [-0.2, -0.15) is 0 Å². The Morgan fingerprint density at radius 1 is 0.974 bits per heavy atom. The van der Waals surface area contributed by atoms with Crippen LogP contribution in [0.5, 0.6) is 0 Å². The number of rotatable bonds is 13. The first kappa shape index (κ1) is 33.9. The molecule has 3 unspecified atom stereocenters. The molecule has 1 aromatic carbocycles. The van der Waals surface area contributed by atoms with Gasteiger partial charge in [-0.25, -0.2) is 4.79 Å². The number of hydrogen-bond donors (Lipinski definition) is 2. The van der Waals surface area contributed by atoms with Crippen molar-refractivity contribution in [1.82, 2.24) is 15.5 Å². The van der Waals surface area contributed by atoms with E-state index in [1.807, 2.05) is 45.9 Å². The molecule has 9 nitrogen and oxygen atoms in total. The fourth-order valence-electron chi connectivity index (χ4n) is 4.24. The van der Waals surface area contributed by atoms with E-state index in [9.17, 15) is 19.2 Å². The number of amides is 3. The number of carbonyl (C=O) groups excluding carboxylic acids is 4. The second-order valence-electron chi connectivity index (χ2n) is 12.0. The van der Waals surface area contributed by atoms with Crippen molar-refractivity contribution in [3.63, 3.8) is 0 Å². The van der Waals surface area contributed by atoms with Crippen LogP contribution in [0.3, 0.4) is 0 Å². The third kappa shape index (κ3) is 12.1. The van der Waals surface area contributed by atoms with Crippen molar-refractivity contribution in [2.24, 2.45) is 11.8 Å². The van der Waals surface area contributed by atoms with E-state index in [0.29, 0.717) is 24.3 Å². The summed E-state index contributed by atoms with van der Waals surface area (Å²) in [5, 5.41) is 5.40. The van der Waals surface area contributed by atoms with E-state index >= 15 is 0 Å². The van der Waals surface area contributed by atoms with Gasteiger partial charge >= 0.3 is 12.1 Å². The maximum absolute atomic E-state index is 14.3. The first-order valence-electron chi connectivity index (χ1n) is 13.8. The normalized spacial score (nSPS) is 13.8. The number of carbonyl (C=O) groups is 4. The lowest BCUT2D eigenvalue weighted by atomic mass is 9.95. The highest BCUT2D eigenvalue weighted by Gasteiger charge is 2.39. The maximum Gasteiger partial charge on any atom is 0.408 e. The minimum absolute atomic E-state index is 0.0762. The van der Waals surface area contributed by atoms with E-state index in [-0.39, 0.29) is 24.4 Å². The highest BCUT2D eigenvalue weighted by Crippen LogP contribution is 2.29. The van der Waals surface area contributed by atoms with E-state index in [4.69, 9.17) is 9.47 Å². The van der Waals surface area contributed by atoms with Crippen molar-refractivity contribution in [2.75, 3.05) is 13.7 Å². The molecule has 0 aliphatic carbocycles. The Labute approximate surface area is 234 Å². The number of nitrogens with zero attached hydrogens (tertiary/aromatic N) is 1. The molecule has 1 rings (SSSR count). The van der Waals surface area contributed by atoms with Gasteiger partial charge in [0.15, 0.2) is 0 Å². The molecular formula is C30H49N3O6. The van der Waals surface area contributed by atoms with Gasteiger partial charge < -0.3 is 25.0 Å². The summed E-state index contributed by atoms with van der Waals surface area (Å²) in [6, 6.07) is 5.11. The van der Waals surface area contributed by atoms with E-state index in [1.54, 1.807) is 31.7 Å². The molecule has 0 radical (unpaired) electrons. The van der Waals surface area contributed by atoms with Crippen LogP contribution in [0, 0.1) is 18.8 Å². The minimum Gasteiger partial charge on any atom is -0.468 e. The maximum atomic E-state index is 14.3. The smallest absolute Gasteiger partial charge is 0.408 e. The summed E-state index contributed by atoms with van der Waals surface area (Å²) < 4.78 is 10.1. The number of methoxy groups -OCH3 is 1. The summed E-state index contributed by atoms with van der Waals surface area (Å²) in [4.78, 5) is 54.2. The lowest BCUT2D eigenvalue weighted by molar-refractivity contribution is -0.147. The van der Waals surface area contributed by atoms with Crippen molar-refractivity contribution in [2.45, 2.75) is 105 Å². The molecule has 0 fully saturated rings. The van der Waals surface area contributed by atoms with Crippen molar-refractivity contribution >= 4 is 23.9 Å². The minimum atomic E-state index is -1.03. The molecule has 0 aliphatic heterocycles. The van der Waals surface area contributed by atoms with Gasteiger partial charge in [-0.05, 0) is 71.3 Å². The lowest BCUT2D eigenvalue weighted by Gasteiger charge is -2.39. The van der Waals surface area contributed by atoms with Crippen LogP contribution in [0.15, 0.2) is 24.3 Å². The summed E-state index contributed by atoms with van der Waals surface area (Å²) in [5.74, 6) is -1.02. The quantitative estimate of drug-likeness (QED) is 0.339. The number of alkyl carbamates (subject to hydrolysis) is 1. The highest BCUT2D eigenvalue weighted by atomic mass is 16.6. The van der Waals surface area contributed by atoms with Gasteiger partial charge in [-0.15, -0.1) is 0 Å². The van der Waals surface area contributed by atoms with Crippen LogP contribution in [-0.2, 0) is 23.9 Å². The molecule has 0 spiro atoms. The third-order valence-corrected chi connectivity index (χ3v) is 6.11. The molecule has 0 bridgehead atoms. The molecule has 9 heteroatoms. The predicted octanol–water partition coefficient (Wildman–Crippen LogP) is 4.92. The van der Waals surface area contributed by atoms with Crippen molar-refractivity contribution < 1.29 is 28.7 Å². The molecule has 1 aromatic rings. The first-order chi connectivity index (χ1) is 18.0. The number of nitrogens with one attached hydrogen (secondary N) is 2. The van der Waals surface area contributed by atoms with Crippen LogP contribution < -0.4 is 10.6 Å². The Bertz CT molecular complexity index is 970. The second-order valence-corrected chi connectivity index (χ2v) is 12.0. The molecule has 0 saturated carbocycles. The van der Waals surface area contributed by atoms with Crippen molar-refractivity contribution in [3.8, 4) is 0 Å². The standard InChI is InChI=1S/C30H49N3O6/c1-19(2)14-15-22(6)33(28(36)24(16-20(3)4)32-29(37)39-30(7,8)9)26(23-13-11-12-21(5)17-23)27(35)31-18-25(34)38-10/h11-13,17,19-20,22,24,26H,14-16,18H2,1-10H3,(H,31,35)(H,32,37). The SMILES string of the molecule is COC(=O)CNC(=O)C(c1cccc(C)c1)N(C(=O)C(CC(C)C)NC(=O)OC(C)(C)C)C(C)CCC(C)C. The average Bonchev–Trinajstić information content (AvgIpc) is 2.81. The van der Waals surface area contributed by atoms with E-state index < -0.39 is 35.7 Å². The number of benzene rings is 1. The lowest BCUT2D eigenvalue weighted by Crippen LogP contribution is -2.56. The van der Waals surface area contributed by atoms with Crippen LogP contribution in [0.2, 0.25) is 0 Å². The van der Waals surface area contributed by atoms with Gasteiger partial charge in [0.2, 0.25) is 11.8 Å². The Hall–Kier alpha value is -3.10. The topological polar surface area (TPSA) is 114 Å². The Balaban J connectivity index is 3.62. The Kier molecular flexibility index (Phi) is 13.5. The second kappa shape index (κ2) is 15.5. The zero-order valence-electron chi connectivity index (χ0n) is 25.4. The van der Waals surface area contributed by atoms with Gasteiger partial charge in [0.05, 0.1) is 7.11 Å². The van der Waals surface area contributed by atoms with Crippen LogP contribution in [0.25, 0.3) is 0 Å². The zero-order chi connectivity index (χ0) is 29.9. The summed E-state index contributed by atoms with van der Waals surface area (Å²) in [6.45, 7) is 16.9. The molecular weight excluding hydrogens is 498 g/mol. The number of ether oxygens (including phenoxy) is 2. The molecule has 0 saturated heterocycles. The Morgan fingerprint density at radius 2 is 1.62 bits per heavy atom. The number of aryl methyl sites for hydroxylation is 1. The largest absolute Gasteiger partial charge is 0.468 e. The fourth-order valence-corrected chi connectivity index (χ4v) is 4.24. The third-order valence-electron chi connectivity index (χ3n) is 6.11. The van der Waals surface area contributed by atoms with Crippen molar-refractivity contribution in [1.29, 1.82) is 0 Å². The number of esters is 1. The van der Waals surface area contributed by atoms with Gasteiger partial charge in [0, 0.05) is 6.04 Å². The van der Waals surface area contributed by atoms with E-state index in [0.717, 1.165) is 12.0 Å². The van der Waals surface area contributed by atoms with Gasteiger partial charge in [0.1, 0.15) is 24.2 Å². The monoisotopic (exact) mass is 547 g/mol. The summed E-state index contributed by atoms with van der Waals surface area (Å²) in [7, 11) is 1.25. The predicted molar refractivity (Wildman–Crippen MR) is 152 cm³/mol. The molecule has 3 atom stereocenters. The molecule has 0 aromatic heterocycles. The van der Waals surface area contributed by atoms with Crippen LogP contribution in [0.4, 0.5) is 4.79 Å². The van der Waals surface area contributed by atoms with E-state index in [2.05, 4.69) is 24.5 Å². The fraction of sp³-hybridized carbons (Fsp3) is 0.667. The molecule has 39 heavy (non-hydrogen) atoms. The summed E-state index contributed by atoms with van der Waals surface area (Å²) >= 11 is 0. The van der Waals surface area contributed by atoms with Crippen LogP contribution in [-0.4, -0.2) is 60.1 Å². The summed E-state index contributed by atoms with van der Waals surface area (Å²) in [6.07, 6.45) is 1.15. The van der Waals surface area contributed by atoms with Crippen LogP contribution >= 0.6 is 0 Å². The average molecular weight is 548 g/mol. The molecule has 2 N–H and O–H groups in total. The van der Waals surface area contributed by atoms with Crippen molar-refractivity contribution in [3.05, 3.63) is 35.4 Å². The van der Waals surface area contributed by atoms with Crippen LogP contribution in [0.1, 0.15) is 91.8 Å². The molecule has 3 amide bonds. The van der Waals surface area contributed by atoms with Gasteiger partial charge in [-0.3, -0.25) is 14.4 Å². The van der Waals surface area contributed by atoms with E-state index in [1.165, 1.54) is 7.11 Å². The Morgan fingerprint density at radius 3 is 2.13 bits per heavy atom. The molecule has 220 valence electrons. The zero-order valence-corrected chi connectivity index (χ0v) is 25.4. The highest BCUT2D eigenvalue weighted by molar-refractivity contribution is 5.93. The van der Waals surface area contributed by atoms with Gasteiger partial charge in [0.25, 0.3) is 0 Å².